The van der Waals surface area contributed by atoms with Crippen LogP contribution in [0.2, 0.25) is 0 Å². The minimum atomic E-state index is -0.886. The van der Waals surface area contributed by atoms with Crippen LogP contribution in [0.5, 0.6) is 0 Å². The van der Waals surface area contributed by atoms with Gasteiger partial charge in [-0.15, -0.1) is 0 Å². The number of carbonyl (C=O) groups excluding carboxylic acids is 3. The molecule has 0 bridgehead atoms. The Morgan fingerprint density at radius 1 is 1.22 bits per heavy atom. The van der Waals surface area contributed by atoms with Crippen molar-refractivity contribution < 1.29 is 32.7 Å². The molecule has 1 unspecified atom stereocenters. The molecule has 9 nitrogen and oxygen atoms in total. The zero-order valence-corrected chi connectivity index (χ0v) is 12.3. The second-order valence-corrected chi connectivity index (χ2v) is 4.78. The lowest BCUT2D eigenvalue weighted by atomic mass is 10.1. The summed E-state index contributed by atoms with van der Waals surface area (Å²) in [7, 11) is 0. The summed E-state index contributed by atoms with van der Waals surface area (Å²) < 4.78 is 18.9. The summed E-state index contributed by atoms with van der Waals surface area (Å²) in [6.07, 6.45) is 2.38. The van der Waals surface area contributed by atoms with Crippen LogP contribution in [-0.4, -0.2) is 31.0 Å². The fourth-order valence-electron chi connectivity index (χ4n) is 1.86. The van der Waals surface area contributed by atoms with Crippen LogP contribution in [0.3, 0.4) is 0 Å². The van der Waals surface area contributed by atoms with Crippen molar-refractivity contribution in [3.63, 3.8) is 0 Å². The van der Waals surface area contributed by atoms with Crippen LogP contribution in [0.15, 0.2) is 25.8 Å². The van der Waals surface area contributed by atoms with E-state index in [9.17, 15) is 19.2 Å². The van der Waals surface area contributed by atoms with Gasteiger partial charge < -0.3 is 23.6 Å². The van der Waals surface area contributed by atoms with Crippen LogP contribution in [0.4, 0.5) is 0 Å². The molecule has 1 saturated heterocycles. The first-order valence-electron chi connectivity index (χ1n) is 6.84. The molecule has 124 valence electrons. The Morgan fingerprint density at radius 2 is 1.91 bits per heavy atom. The molecule has 0 aromatic carbocycles. The van der Waals surface area contributed by atoms with E-state index in [0.717, 1.165) is 12.2 Å². The summed E-state index contributed by atoms with van der Waals surface area (Å²) in [6.45, 7) is 1.72. The smallest absolute Gasteiger partial charge is 0.462 e. The molecule has 0 radical (unpaired) electrons. The van der Waals surface area contributed by atoms with Gasteiger partial charge in [-0.1, -0.05) is 0 Å². The first-order chi connectivity index (χ1) is 11.0. The Labute approximate surface area is 130 Å². The molecule has 23 heavy (non-hydrogen) atoms. The largest absolute Gasteiger partial charge is 0.519 e. The van der Waals surface area contributed by atoms with Crippen LogP contribution in [0.25, 0.3) is 0 Å². The minimum absolute atomic E-state index is 0.0383. The predicted octanol–water partition coefficient (Wildman–Crippen LogP) is -0.180. The molecule has 0 spiro atoms. The third-order valence-electron chi connectivity index (χ3n) is 3.13. The van der Waals surface area contributed by atoms with Gasteiger partial charge in [0.15, 0.2) is 18.1 Å². The molecule has 1 aromatic rings. The maximum atomic E-state index is 11.4. The van der Waals surface area contributed by atoms with Crippen molar-refractivity contribution >= 4 is 17.8 Å². The molecular formula is C14H15NO8. The van der Waals surface area contributed by atoms with Gasteiger partial charge in [0.1, 0.15) is 6.61 Å². The maximum absolute atomic E-state index is 11.4. The van der Waals surface area contributed by atoms with E-state index in [1.807, 2.05) is 0 Å². The predicted molar refractivity (Wildman–Crippen MR) is 73.0 cm³/mol. The van der Waals surface area contributed by atoms with Crippen molar-refractivity contribution in [2.24, 2.45) is 5.92 Å². The molecule has 9 heteroatoms. The summed E-state index contributed by atoms with van der Waals surface area (Å²) in [5, 5.41) is 2.62. The van der Waals surface area contributed by atoms with Crippen LogP contribution < -0.4 is 11.1 Å². The molecule has 1 amide bonds. The second-order valence-electron chi connectivity index (χ2n) is 4.78. The van der Waals surface area contributed by atoms with E-state index in [1.165, 1.54) is 6.92 Å². The summed E-state index contributed by atoms with van der Waals surface area (Å²) in [4.78, 5) is 44.9. The third kappa shape index (κ3) is 4.83. The minimum Gasteiger partial charge on any atom is -0.462 e. The Balaban J connectivity index is 1.72. The van der Waals surface area contributed by atoms with Gasteiger partial charge in [-0.25, -0.2) is 14.4 Å². The van der Waals surface area contributed by atoms with Crippen molar-refractivity contribution in [2.75, 3.05) is 13.2 Å². The van der Waals surface area contributed by atoms with Gasteiger partial charge in [0, 0.05) is 18.7 Å². The van der Waals surface area contributed by atoms with Gasteiger partial charge in [0.05, 0.1) is 5.92 Å². The lowest BCUT2D eigenvalue weighted by Crippen LogP contribution is -2.23. The number of nitrogens with one attached hydrogen (secondary N) is 1. The number of ether oxygens (including phenoxy) is 2. The second kappa shape index (κ2) is 7.43. The molecular weight excluding hydrogens is 310 g/mol. The average molecular weight is 325 g/mol. The number of hydrogen-bond donors (Lipinski definition) is 1. The van der Waals surface area contributed by atoms with Crippen LogP contribution in [0.1, 0.15) is 17.9 Å². The SMILES string of the molecule is Cc1oc(=O)oc1COC(=O)/C=C/C(=O)OCC1CCNC1=O. The normalized spacial score (nSPS) is 17.3. The first-order valence-corrected chi connectivity index (χ1v) is 6.84. The van der Waals surface area contributed by atoms with Crippen LogP contribution in [-0.2, 0) is 30.5 Å². The fourth-order valence-corrected chi connectivity index (χ4v) is 1.86. The monoisotopic (exact) mass is 325 g/mol. The number of rotatable bonds is 6. The van der Waals surface area contributed by atoms with E-state index in [1.54, 1.807) is 0 Å². The first kappa shape index (κ1) is 16.5. The molecule has 1 fully saturated rings. The van der Waals surface area contributed by atoms with Crippen LogP contribution in [0, 0.1) is 12.8 Å². The van der Waals surface area contributed by atoms with E-state index in [0.29, 0.717) is 13.0 Å². The van der Waals surface area contributed by atoms with Gasteiger partial charge in [-0.2, -0.15) is 0 Å². The zero-order valence-electron chi connectivity index (χ0n) is 12.3. The number of amides is 1. The highest BCUT2D eigenvalue weighted by Crippen LogP contribution is 2.09. The number of esters is 2. The van der Waals surface area contributed by atoms with Crippen molar-refractivity contribution in [1.29, 1.82) is 0 Å². The lowest BCUT2D eigenvalue weighted by molar-refractivity contribution is -0.142. The third-order valence-corrected chi connectivity index (χ3v) is 3.13. The van der Waals surface area contributed by atoms with Crippen molar-refractivity contribution in [3.8, 4) is 0 Å². The quantitative estimate of drug-likeness (QED) is 0.564. The van der Waals surface area contributed by atoms with Crippen molar-refractivity contribution in [2.45, 2.75) is 20.0 Å². The zero-order chi connectivity index (χ0) is 16.8. The molecule has 1 aromatic heterocycles. The molecule has 2 heterocycles. The molecule has 0 saturated carbocycles. The van der Waals surface area contributed by atoms with Crippen LogP contribution >= 0.6 is 0 Å². The number of hydrogen-bond acceptors (Lipinski definition) is 8. The maximum Gasteiger partial charge on any atom is 0.519 e. The highest BCUT2D eigenvalue weighted by atomic mass is 16.6. The van der Waals surface area contributed by atoms with E-state index >= 15 is 0 Å². The van der Waals surface area contributed by atoms with Gasteiger partial charge in [-0.05, 0) is 13.3 Å². The Morgan fingerprint density at radius 3 is 2.48 bits per heavy atom. The molecule has 0 aliphatic carbocycles. The summed E-state index contributed by atoms with van der Waals surface area (Å²) in [5.41, 5.74) is 0. The van der Waals surface area contributed by atoms with E-state index in [4.69, 9.17) is 9.47 Å². The van der Waals surface area contributed by atoms with Gasteiger partial charge in [-0.3, -0.25) is 4.79 Å². The Kier molecular flexibility index (Phi) is 5.34. The lowest BCUT2D eigenvalue weighted by Gasteiger charge is -2.06. The fraction of sp³-hybridized carbons (Fsp3) is 0.429. The molecule has 1 aliphatic rings. The highest BCUT2D eigenvalue weighted by Gasteiger charge is 2.25. The average Bonchev–Trinajstić information content (AvgIpc) is 3.05. The molecule has 1 aliphatic heterocycles. The molecule has 1 atom stereocenters. The van der Waals surface area contributed by atoms with Gasteiger partial charge >= 0.3 is 17.8 Å². The summed E-state index contributed by atoms with van der Waals surface area (Å²) >= 11 is 0. The molecule has 2 rings (SSSR count). The standard InChI is InChI=1S/C14H15NO8/c1-8-10(23-14(19)22-8)7-21-12(17)3-2-11(16)20-6-9-4-5-15-13(9)18/h2-3,9H,4-7H2,1H3,(H,15,18)/b3-2+. The van der Waals surface area contributed by atoms with E-state index in [-0.39, 0.29) is 36.6 Å². The summed E-state index contributed by atoms with van der Waals surface area (Å²) in [6, 6.07) is 0. The van der Waals surface area contributed by atoms with Gasteiger partial charge in [0.2, 0.25) is 5.91 Å². The molecule has 1 N–H and O–H groups in total. The Hall–Kier alpha value is -2.84. The van der Waals surface area contributed by atoms with E-state index < -0.39 is 17.8 Å². The number of aryl methyl sites for hydroxylation is 1. The highest BCUT2D eigenvalue weighted by molar-refractivity contribution is 5.91. The van der Waals surface area contributed by atoms with Crippen molar-refractivity contribution in [1.82, 2.24) is 5.32 Å². The van der Waals surface area contributed by atoms with E-state index in [2.05, 4.69) is 14.2 Å². The topological polar surface area (TPSA) is 125 Å². The van der Waals surface area contributed by atoms with Gasteiger partial charge in [0.25, 0.3) is 0 Å². The number of carbonyl (C=O) groups is 3. The Bertz CT molecular complexity index is 683. The summed E-state index contributed by atoms with van der Waals surface area (Å²) in [5.74, 6) is -2.67. The van der Waals surface area contributed by atoms with Crippen molar-refractivity contribution in [3.05, 3.63) is 34.3 Å².